The zero-order valence-corrected chi connectivity index (χ0v) is 18.6. The monoisotopic (exact) mass is 457 g/mol. The van der Waals surface area contributed by atoms with Gasteiger partial charge in [-0.1, -0.05) is 23.7 Å². The molecule has 0 spiro atoms. The van der Waals surface area contributed by atoms with Crippen LogP contribution in [0.15, 0.2) is 73.2 Å². The van der Waals surface area contributed by atoms with Crippen molar-refractivity contribution < 1.29 is 14.3 Å². The van der Waals surface area contributed by atoms with Gasteiger partial charge >= 0.3 is 0 Å². The van der Waals surface area contributed by atoms with Crippen LogP contribution in [0.3, 0.4) is 0 Å². The highest BCUT2D eigenvalue weighted by atomic mass is 35.5. The summed E-state index contributed by atoms with van der Waals surface area (Å²) in [5.74, 6) is 0.757. The van der Waals surface area contributed by atoms with Crippen molar-refractivity contribution in [3.05, 3.63) is 106 Å². The number of nitriles is 1. The Labute approximate surface area is 196 Å². The summed E-state index contributed by atoms with van der Waals surface area (Å²) < 4.78 is 13.9. The van der Waals surface area contributed by atoms with E-state index in [1.54, 1.807) is 24.4 Å². The molecule has 6 nitrogen and oxygen atoms in total. The molecule has 0 unspecified atom stereocenters. The van der Waals surface area contributed by atoms with Crippen LogP contribution in [0, 0.1) is 18.3 Å². The van der Waals surface area contributed by atoms with Crippen LogP contribution in [0.25, 0.3) is 5.69 Å². The molecule has 0 aliphatic heterocycles. The van der Waals surface area contributed by atoms with Crippen LogP contribution < -0.4 is 9.47 Å². The van der Waals surface area contributed by atoms with Crippen LogP contribution >= 0.6 is 11.6 Å². The summed E-state index contributed by atoms with van der Waals surface area (Å²) >= 11 is 6.37. The van der Waals surface area contributed by atoms with Crippen LogP contribution in [-0.2, 0) is 13.2 Å². The van der Waals surface area contributed by atoms with E-state index in [4.69, 9.17) is 26.3 Å². The number of carbonyl (C=O) groups excluding carboxylic acids is 1. The van der Waals surface area contributed by atoms with Crippen LogP contribution in [0.1, 0.15) is 32.7 Å². The maximum absolute atomic E-state index is 11.5. The first-order valence-corrected chi connectivity index (χ1v) is 10.6. The van der Waals surface area contributed by atoms with Gasteiger partial charge in [0.05, 0.1) is 10.6 Å². The van der Waals surface area contributed by atoms with Gasteiger partial charge in [-0.15, -0.1) is 0 Å². The van der Waals surface area contributed by atoms with Crippen molar-refractivity contribution in [3.8, 4) is 23.3 Å². The Balaban J connectivity index is 1.53. The van der Waals surface area contributed by atoms with Crippen molar-refractivity contribution >= 4 is 17.9 Å². The van der Waals surface area contributed by atoms with Gasteiger partial charge in [-0.25, -0.2) is 4.98 Å². The third kappa shape index (κ3) is 5.05. The number of rotatable bonds is 8. The lowest BCUT2D eigenvalue weighted by molar-refractivity contribution is 0.111. The predicted octanol–water partition coefficient (Wildman–Crippen LogP) is 5.68. The molecule has 0 atom stereocenters. The van der Waals surface area contributed by atoms with Gasteiger partial charge in [-0.3, -0.25) is 4.79 Å². The van der Waals surface area contributed by atoms with Gasteiger partial charge in [0.1, 0.15) is 36.5 Å². The molecule has 0 bridgehead atoms. The molecule has 0 saturated carbocycles. The molecule has 2 aromatic heterocycles. The molecule has 2 heterocycles. The molecule has 33 heavy (non-hydrogen) atoms. The molecule has 0 fully saturated rings. The van der Waals surface area contributed by atoms with Crippen molar-refractivity contribution in [1.29, 1.82) is 5.26 Å². The largest absolute Gasteiger partial charge is 0.488 e. The zero-order chi connectivity index (χ0) is 23.2. The minimum atomic E-state index is 0.164. The molecule has 0 saturated heterocycles. The highest BCUT2D eigenvalue weighted by Gasteiger charge is 2.13. The van der Waals surface area contributed by atoms with Gasteiger partial charge in [0, 0.05) is 30.3 Å². The molecule has 0 aliphatic rings. The van der Waals surface area contributed by atoms with Crippen molar-refractivity contribution in [3.63, 3.8) is 0 Å². The lowest BCUT2D eigenvalue weighted by Gasteiger charge is -2.16. The Bertz CT molecular complexity index is 1330. The average molecular weight is 458 g/mol. The number of carbonyl (C=O) groups is 1. The molecule has 7 heteroatoms. The molecule has 4 aromatic rings. The second-order valence-corrected chi connectivity index (χ2v) is 7.74. The summed E-state index contributed by atoms with van der Waals surface area (Å²) in [6, 6.07) is 18.5. The van der Waals surface area contributed by atoms with E-state index in [-0.39, 0.29) is 6.61 Å². The fourth-order valence-corrected chi connectivity index (χ4v) is 3.65. The van der Waals surface area contributed by atoms with Crippen molar-refractivity contribution in [2.75, 3.05) is 0 Å². The Morgan fingerprint density at radius 1 is 1.06 bits per heavy atom. The van der Waals surface area contributed by atoms with Gasteiger partial charge < -0.3 is 14.0 Å². The minimum Gasteiger partial charge on any atom is -0.488 e. The zero-order valence-electron chi connectivity index (χ0n) is 17.9. The Hall–Kier alpha value is -4.08. The Morgan fingerprint density at radius 3 is 2.61 bits per heavy atom. The summed E-state index contributed by atoms with van der Waals surface area (Å²) in [5.41, 5.74) is 4.55. The second-order valence-electron chi connectivity index (χ2n) is 7.33. The second kappa shape index (κ2) is 10.0. The summed E-state index contributed by atoms with van der Waals surface area (Å²) in [6.07, 6.45) is 6.21. The predicted molar refractivity (Wildman–Crippen MR) is 125 cm³/mol. The first-order chi connectivity index (χ1) is 16.1. The van der Waals surface area contributed by atoms with Crippen LogP contribution in [0.2, 0.25) is 5.02 Å². The number of hydrogen-bond acceptors (Lipinski definition) is 5. The number of aromatic nitrogens is 2. The van der Waals surface area contributed by atoms with Crippen LogP contribution in [0.4, 0.5) is 0 Å². The van der Waals surface area contributed by atoms with E-state index in [0.29, 0.717) is 40.7 Å². The minimum absolute atomic E-state index is 0.164. The van der Waals surface area contributed by atoms with E-state index in [1.807, 2.05) is 60.3 Å². The lowest BCUT2D eigenvalue weighted by Crippen LogP contribution is -2.04. The Morgan fingerprint density at radius 2 is 1.85 bits per heavy atom. The normalized spacial score (nSPS) is 10.5. The van der Waals surface area contributed by atoms with Gasteiger partial charge in [0.25, 0.3) is 0 Å². The molecule has 0 aliphatic carbocycles. The molecule has 0 radical (unpaired) electrons. The fraction of sp³-hybridized carbons (Fsp3) is 0.115. The highest BCUT2D eigenvalue weighted by Crippen LogP contribution is 2.33. The number of aldehydes is 1. The smallest absolute Gasteiger partial charge is 0.153 e. The first-order valence-electron chi connectivity index (χ1n) is 10.2. The lowest BCUT2D eigenvalue weighted by atomic mass is 10.1. The van der Waals surface area contributed by atoms with Gasteiger partial charge in [0.15, 0.2) is 6.29 Å². The fourth-order valence-electron chi connectivity index (χ4n) is 3.42. The summed E-state index contributed by atoms with van der Waals surface area (Å²) in [6.45, 7) is 2.51. The first kappa shape index (κ1) is 22.1. The van der Waals surface area contributed by atoms with E-state index in [2.05, 4.69) is 4.98 Å². The van der Waals surface area contributed by atoms with Crippen molar-refractivity contribution in [1.82, 2.24) is 9.55 Å². The quantitative estimate of drug-likeness (QED) is 0.318. The molecular formula is C26H20ClN3O3. The maximum atomic E-state index is 11.5. The molecule has 0 amide bonds. The SMILES string of the molecule is Cc1c(COc2cc(OCc3ccnc(C#N)c3)c(C=O)cc2Cl)cccc1-n1cccc1. The summed E-state index contributed by atoms with van der Waals surface area (Å²) in [5, 5.41) is 9.33. The van der Waals surface area contributed by atoms with E-state index in [0.717, 1.165) is 22.4 Å². The maximum Gasteiger partial charge on any atom is 0.153 e. The molecular weight excluding hydrogens is 438 g/mol. The molecule has 4 rings (SSSR count). The van der Waals surface area contributed by atoms with Gasteiger partial charge in [0.2, 0.25) is 0 Å². The number of pyridine rings is 1. The third-order valence-electron chi connectivity index (χ3n) is 5.21. The van der Waals surface area contributed by atoms with Crippen molar-refractivity contribution in [2.24, 2.45) is 0 Å². The average Bonchev–Trinajstić information content (AvgIpc) is 3.38. The standard InChI is InChI=1S/C26H20ClN3O3/c1-18-20(5-4-6-24(18)30-9-2-3-10-30)17-33-26-13-25(21(15-31)12-23(26)27)32-16-19-7-8-29-22(11-19)14-28/h2-13,15H,16-17H2,1H3. The van der Waals surface area contributed by atoms with Crippen LogP contribution in [-0.4, -0.2) is 15.8 Å². The number of ether oxygens (including phenoxy) is 2. The third-order valence-corrected chi connectivity index (χ3v) is 5.50. The Kier molecular flexibility index (Phi) is 6.72. The highest BCUT2D eigenvalue weighted by molar-refractivity contribution is 6.32. The summed E-state index contributed by atoms with van der Waals surface area (Å²) in [4.78, 5) is 15.5. The number of halogens is 1. The van der Waals surface area contributed by atoms with Crippen molar-refractivity contribution in [2.45, 2.75) is 20.1 Å². The van der Waals surface area contributed by atoms with E-state index in [1.165, 1.54) is 6.07 Å². The number of benzene rings is 2. The van der Waals surface area contributed by atoms with E-state index >= 15 is 0 Å². The number of hydrogen-bond donors (Lipinski definition) is 0. The summed E-state index contributed by atoms with van der Waals surface area (Å²) in [7, 11) is 0. The van der Waals surface area contributed by atoms with Gasteiger partial charge in [-0.2, -0.15) is 5.26 Å². The molecule has 0 N–H and O–H groups in total. The number of nitrogens with zero attached hydrogens (tertiary/aromatic N) is 3. The molecule has 2 aromatic carbocycles. The topological polar surface area (TPSA) is 77.1 Å². The van der Waals surface area contributed by atoms with E-state index < -0.39 is 0 Å². The molecule has 164 valence electrons. The van der Waals surface area contributed by atoms with Crippen LogP contribution in [0.5, 0.6) is 11.5 Å². The van der Waals surface area contributed by atoms with E-state index in [9.17, 15) is 4.79 Å². The van der Waals surface area contributed by atoms with Gasteiger partial charge in [-0.05, 0) is 60.0 Å².